The molecule has 1 unspecified atom stereocenters. The number of aromatic nitrogens is 3. The van der Waals surface area contributed by atoms with E-state index in [1.54, 1.807) is 29.0 Å². The number of H-pyrrole nitrogens is 1. The Morgan fingerprint density at radius 2 is 1.87 bits per heavy atom. The lowest BCUT2D eigenvalue weighted by atomic mass is 9.98. The summed E-state index contributed by atoms with van der Waals surface area (Å²) in [7, 11) is 0. The third-order valence-corrected chi connectivity index (χ3v) is 7.91. The van der Waals surface area contributed by atoms with Crippen LogP contribution in [0.3, 0.4) is 0 Å². The highest BCUT2D eigenvalue weighted by Crippen LogP contribution is 2.32. The molecule has 2 aromatic heterocycles. The van der Waals surface area contributed by atoms with Crippen LogP contribution in [0.5, 0.6) is 0 Å². The minimum Gasteiger partial charge on any atom is -0.461 e. The lowest BCUT2D eigenvalue weighted by molar-refractivity contribution is -0.151. The highest BCUT2D eigenvalue weighted by molar-refractivity contribution is 7.09. The minimum atomic E-state index is -0.546. The van der Waals surface area contributed by atoms with Gasteiger partial charge in [0, 0.05) is 37.0 Å². The molecule has 2 N–H and O–H groups in total. The van der Waals surface area contributed by atoms with E-state index >= 15 is 0 Å². The molecule has 0 radical (unpaired) electrons. The van der Waals surface area contributed by atoms with Gasteiger partial charge in [-0.15, -0.1) is 11.3 Å². The lowest BCUT2D eigenvalue weighted by Gasteiger charge is -2.30. The third-order valence-electron chi connectivity index (χ3n) is 6.91. The van der Waals surface area contributed by atoms with Crippen LogP contribution in [-0.4, -0.2) is 74.7 Å². The molecule has 0 spiro atoms. The Labute approximate surface area is 225 Å². The predicted molar refractivity (Wildman–Crippen MR) is 144 cm³/mol. The van der Waals surface area contributed by atoms with Crippen molar-refractivity contribution in [2.75, 3.05) is 25.0 Å². The number of anilines is 1. The van der Waals surface area contributed by atoms with Gasteiger partial charge in [0.1, 0.15) is 11.7 Å². The molecule has 10 nitrogen and oxygen atoms in total. The van der Waals surface area contributed by atoms with E-state index in [1.165, 1.54) is 11.3 Å². The number of nitrogens with zero attached hydrogens (tertiary/aromatic N) is 4. The number of aromatic amines is 1. The van der Waals surface area contributed by atoms with Gasteiger partial charge in [0.05, 0.1) is 16.8 Å². The molecular weight excluding hydrogens is 504 g/mol. The molecule has 1 atom stereocenters. The van der Waals surface area contributed by atoms with Crippen LogP contribution in [0.25, 0.3) is 11.3 Å². The van der Waals surface area contributed by atoms with Gasteiger partial charge in [-0.2, -0.15) is 5.10 Å². The molecule has 2 aliphatic rings. The van der Waals surface area contributed by atoms with Crippen LogP contribution in [0.2, 0.25) is 0 Å². The zero-order valence-electron chi connectivity index (χ0n) is 21.6. The molecular formula is C27H32N6O4S. The quantitative estimate of drug-likeness (QED) is 0.448. The van der Waals surface area contributed by atoms with E-state index in [4.69, 9.17) is 4.74 Å². The van der Waals surface area contributed by atoms with Gasteiger partial charge in [-0.05, 0) is 45.1 Å². The number of hydrogen-bond donors (Lipinski definition) is 2. The molecule has 0 bridgehead atoms. The molecule has 3 aromatic rings. The molecule has 38 heavy (non-hydrogen) atoms. The van der Waals surface area contributed by atoms with Gasteiger partial charge in [-0.25, -0.2) is 14.6 Å². The Kier molecular flexibility index (Phi) is 7.73. The number of nitrogens with one attached hydrogen (secondary N) is 2. The maximum atomic E-state index is 13.1. The van der Waals surface area contributed by atoms with Crippen LogP contribution in [-0.2, 0) is 9.53 Å². The average Bonchev–Trinajstić information content (AvgIpc) is 3.70. The fourth-order valence-corrected chi connectivity index (χ4v) is 5.92. The second-order valence-electron chi connectivity index (χ2n) is 9.94. The summed E-state index contributed by atoms with van der Waals surface area (Å²) in [6.07, 6.45) is 2.69. The monoisotopic (exact) mass is 536 g/mol. The summed E-state index contributed by atoms with van der Waals surface area (Å²) in [4.78, 5) is 46.4. The molecule has 4 heterocycles. The number of likely N-dealkylation sites (tertiary alicyclic amines) is 2. The van der Waals surface area contributed by atoms with E-state index in [-0.39, 0.29) is 29.9 Å². The van der Waals surface area contributed by atoms with Gasteiger partial charge >= 0.3 is 12.0 Å². The number of rotatable bonds is 6. The lowest BCUT2D eigenvalue weighted by Crippen LogP contribution is -2.42. The fraction of sp³-hybridized carbons (Fsp3) is 0.444. The summed E-state index contributed by atoms with van der Waals surface area (Å²) < 4.78 is 5.35. The highest BCUT2D eigenvalue weighted by atomic mass is 32.1. The van der Waals surface area contributed by atoms with Gasteiger partial charge < -0.3 is 14.5 Å². The van der Waals surface area contributed by atoms with Crippen LogP contribution in [0.15, 0.2) is 41.8 Å². The maximum Gasteiger partial charge on any atom is 0.329 e. The van der Waals surface area contributed by atoms with E-state index in [0.717, 1.165) is 35.5 Å². The zero-order valence-corrected chi connectivity index (χ0v) is 22.4. The second-order valence-corrected chi connectivity index (χ2v) is 10.8. The Morgan fingerprint density at radius 1 is 1.11 bits per heavy atom. The van der Waals surface area contributed by atoms with Crippen molar-refractivity contribution >= 4 is 35.1 Å². The smallest absolute Gasteiger partial charge is 0.329 e. The summed E-state index contributed by atoms with van der Waals surface area (Å²) in [5, 5.41) is 12.7. The van der Waals surface area contributed by atoms with Crippen LogP contribution < -0.4 is 5.32 Å². The SMILES string of the molecule is CC(C)OC(=O)C1CCCN1C(=O)c1csc(C2CCN(C(=O)Nc3cc(-c4ccccc4)[nH]n3)CC2)n1. The number of amides is 3. The Bertz CT molecular complexity index is 1280. The van der Waals surface area contributed by atoms with Crippen molar-refractivity contribution in [3.63, 3.8) is 0 Å². The molecule has 5 rings (SSSR count). The summed E-state index contributed by atoms with van der Waals surface area (Å²) in [6, 6.07) is 10.9. The molecule has 1 aromatic carbocycles. The molecule has 2 fully saturated rings. The first-order chi connectivity index (χ1) is 18.4. The second kappa shape index (κ2) is 11.3. The third kappa shape index (κ3) is 5.72. The standard InChI is InChI=1S/C27H32N6O4S/c1-17(2)37-26(35)22-9-6-12-33(22)25(34)21-16-38-24(28-21)19-10-13-32(14-11-19)27(36)29-23-15-20(30-31-23)18-7-4-3-5-8-18/h3-5,7-8,15-17,19,22H,6,9-14H2,1-2H3,(H2,29,30,31,36). The first-order valence-corrected chi connectivity index (χ1v) is 13.9. The molecule has 200 valence electrons. The van der Waals surface area contributed by atoms with Gasteiger partial charge in [0.25, 0.3) is 5.91 Å². The van der Waals surface area contributed by atoms with Gasteiger partial charge in [-0.1, -0.05) is 30.3 Å². The minimum absolute atomic E-state index is 0.181. The highest BCUT2D eigenvalue weighted by Gasteiger charge is 2.37. The van der Waals surface area contributed by atoms with Gasteiger partial charge in [0.2, 0.25) is 0 Å². The molecule has 11 heteroatoms. The molecule has 2 saturated heterocycles. The number of benzene rings is 1. The molecule has 2 aliphatic heterocycles. The Morgan fingerprint density at radius 3 is 2.61 bits per heavy atom. The predicted octanol–water partition coefficient (Wildman–Crippen LogP) is 4.50. The van der Waals surface area contributed by atoms with Crippen molar-refractivity contribution in [2.45, 2.75) is 57.6 Å². The number of ether oxygens (including phenoxy) is 1. The Balaban J connectivity index is 1.14. The van der Waals surface area contributed by atoms with Crippen LogP contribution in [0.4, 0.5) is 10.6 Å². The van der Waals surface area contributed by atoms with E-state index in [9.17, 15) is 14.4 Å². The maximum absolute atomic E-state index is 13.1. The van der Waals surface area contributed by atoms with E-state index in [2.05, 4.69) is 20.5 Å². The van der Waals surface area contributed by atoms with Crippen molar-refractivity contribution < 1.29 is 19.1 Å². The van der Waals surface area contributed by atoms with Crippen LogP contribution >= 0.6 is 11.3 Å². The molecule has 0 saturated carbocycles. The van der Waals surface area contributed by atoms with Gasteiger partial charge in [-0.3, -0.25) is 15.2 Å². The van der Waals surface area contributed by atoms with Crippen molar-refractivity contribution in [3.05, 3.63) is 52.5 Å². The van der Waals surface area contributed by atoms with E-state index < -0.39 is 6.04 Å². The Hall–Kier alpha value is -3.73. The van der Waals surface area contributed by atoms with E-state index in [1.807, 2.05) is 36.4 Å². The fourth-order valence-electron chi connectivity index (χ4n) is 4.96. The first kappa shape index (κ1) is 25.9. The number of carbonyl (C=O) groups is 3. The van der Waals surface area contributed by atoms with Crippen LogP contribution in [0.1, 0.15) is 60.9 Å². The number of esters is 1. The van der Waals surface area contributed by atoms with E-state index in [0.29, 0.717) is 37.6 Å². The summed E-state index contributed by atoms with van der Waals surface area (Å²) >= 11 is 1.47. The van der Waals surface area contributed by atoms with Crippen molar-refractivity contribution in [3.8, 4) is 11.3 Å². The summed E-state index contributed by atoms with van der Waals surface area (Å²) in [5.41, 5.74) is 2.21. The first-order valence-electron chi connectivity index (χ1n) is 13.0. The van der Waals surface area contributed by atoms with Crippen molar-refractivity contribution in [2.24, 2.45) is 0 Å². The van der Waals surface area contributed by atoms with Crippen molar-refractivity contribution in [1.29, 1.82) is 0 Å². The number of thiazole rings is 1. The summed E-state index contributed by atoms with van der Waals surface area (Å²) in [6.45, 7) is 5.31. The zero-order chi connectivity index (χ0) is 26.6. The van der Waals surface area contributed by atoms with Crippen LogP contribution in [0, 0.1) is 0 Å². The molecule has 0 aliphatic carbocycles. The number of urea groups is 1. The number of hydrogen-bond acceptors (Lipinski definition) is 7. The number of piperidine rings is 1. The molecule has 3 amide bonds. The van der Waals surface area contributed by atoms with Crippen molar-refractivity contribution in [1.82, 2.24) is 25.0 Å². The van der Waals surface area contributed by atoms with Gasteiger partial charge in [0.15, 0.2) is 5.82 Å². The number of carbonyl (C=O) groups excluding carboxylic acids is 3. The normalized spacial score (nSPS) is 18.1. The largest absolute Gasteiger partial charge is 0.461 e. The average molecular weight is 537 g/mol. The summed E-state index contributed by atoms with van der Waals surface area (Å²) in [5.74, 6) is 0.0944. The topological polar surface area (TPSA) is 121 Å².